The minimum Gasteiger partial charge on any atom is -0.491 e. The standard InChI is InChI=1S/C17H26N2O2S/c1-3-5-7-12-16(20)19-17(22)18-14-10-8-9-11-15(14)21-13-6-4-2/h8-11H,3-7,12-13H2,1-2H3,(H2,18,19,20,22). The van der Waals surface area contributed by atoms with Gasteiger partial charge in [0.25, 0.3) is 0 Å². The van der Waals surface area contributed by atoms with Crippen molar-refractivity contribution in [2.24, 2.45) is 0 Å². The lowest BCUT2D eigenvalue weighted by atomic mass is 10.2. The van der Waals surface area contributed by atoms with Crippen LogP contribution in [0.15, 0.2) is 24.3 Å². The molecular formula is C17H26N2O2S. The maximum absolute atomic E-state index is 11.7. The van der Waals surface area contributed by atoms with E-state index >= 15 is 0 Å². The number of hydrogen-bond donors (Lipinski definition) is 2. The van der Waals surface area contributed by atoms with Crippen LogP contribution in [0.1, 0.15) is 52.4 Å². The third-order valence-corrected chi connectivity index (χ3v) is 3.36. The van der Waals surface area contributed by atoms with E-state index in [1.54, 1.807) is 0 Å². The van der Waals surface area contributed by atoms with Crippen LogP contribution in [0.2, 0.25) is 0 Å². The SMILES string of the molecule is CCCCCC(=O)NC(=S)Nc1ccccc1OCCCC. The molecule has 0 spiro atoms. The topological polar surface area (TPSA) is 50.4 Å². The van der Waals surface area contributed by atoms with E-state index in [0.717, 1.165) is 43.5 Å². The van der Waals surface area contributed by atoms with Crippen molar-refractivity contribution in [1.82, 2.24) is 5.32 Å². The van der Waals surface area contributed by atoms with Gasteiger partial charge in [-0.25, -0.2) is 0 Å². The molecule has 0 saturated carbocycles. The summed E-state index contributed by atoms with van der Waals surface area (Å²) >= 11 is 5.19. The highest BCUT2D eigenvalue weighted by Crippen LogP contribution is 2.23. The third-order valence-electron chi connectivity index (χ3n) is 3.15. The minimum atomic E-state index is -0.0460. The molecule has 1 rings (SSSR count). The van der Waals surface area contributed by atoms with E-state index in [2.05, 4.69) is 24.5 Å². The Kier molecular flexibility index (Phi) is 9.23. The first-order valence-corrected chi connectivity index (χ1v) is 8.40. The molecule has 1 aromatic rings. The van der Waals surface area contributed by atoms with Crippen LogP contribution < -0.4 is 15.4 Å². The van der Waals surface area contributed by atoms with Gasteiger partial charge in [0.2, 0.25) is 5.91 Å². The fraction of sp³-hybridized carbons (Fsp3) is 0.529. The van der Waals surface area contributed by atoms with E-state index in [4.69, 9.17) is 17.0 Å². The van der Waals surface area contributed by atoms with Crippen LogP contribution in [0, 0.1) is 0 Å². The number of carbonyl (C=O) groups is 1. The summed E-state index contributed by atoms with van der Waals surface area (Å²) in [5.41, 5.74) is 0.775. The number of ether oxygens (including phenoxy) is 1. The molecular weight excluding hydrogens is 296 g/mol. The molecule has 0 aromatic heterocycles. The van der Waals surface area contributed by atoms with Crippen LogP contribution in [0.4, 0.5) is 5.69 Å². The maximum atomic E-state index is 11.7. The van der Waals surface area contributed by atoms with Gasteiger partial charge in [-0.2, -0.15) is 0 Å². The normalized spacial score (nSPS) is 10.1. The average molecular weight is 322 g/mol. The van der Waals surface area contributed by atoms with Crippen molar-refractivity contribution in [3.05, 3.63) is 24.3 Å². The molecule has 0 unspecified atom stereocenters. The molecule has 5 heteroatoms. The van der Waals surface area contributed by atoms with Crippen molar-refractivity contribution in [2.45, 2.75) is 52.4 Å². The van der Waals surface area contributed by atoms with Crippen LogP contribution in [0.3, 0.4) is 0 Å². The lowest BCUT2D eigenvalue weighted by molar-refractivity contribution is -0.119. The predicted molar refractivity (Wildman–Crippen MR) is 95.4 cm³/mol. The largest absolute Gasteiger partial charge is 0.491 e. The monoisotopic (exact) mass is 322 g/mol. The number of hydrogen-bond acceptors (Lipinski definition) is 3. The highest BCUT2D eigenvalue weighted by Gasteiger charge is 2.07. The molecule has 1 amide bonds. The summed E-state index contributed by atoms with van der Waals surface area (Å²) in [5.74, 6) is 0.703. The van der Waals surface area contributed by atoms with Crippen molar-refractivity contribution in [3.63, 3.8) is 0 Å². The van der Waals surface area contributed by atoms with Crippen LogP contribution in [-0.4, -0.2) is 17.6 Å². The first-order valence-electron chi connectivity index (χ1n) is 8.00. The fourth-order valence-corrected chi connectivity index (χ4v) is 2.12. The van der Waals surface area contributed by atoms with E-state index in [1.807, 2.05) is 24.3 Å². The van der Waals surface area contributed by atoms with Crippen molar-refractivity contribution in [1.29, 1.82) is 0 Å². The Bertz CT molecular complexity index is 477. The van der Waals surface area contributed by atoms with Crippen LogP contribution in [0.25, 0.3) is 0 Å². The molecule has 4 nitrogen and oxygen atoms in total. The Morgan fingerprint density at radius 1 is 1.14 bits per heavy atom. The van der Waals surface area contributed by atoms with Gasteiger partial charge >= 0.3 is 0 Å². The number of rotatable bonds is 9. The number of benzene rings is 1. The summed E-state index contributed by atoms with van der Waals surface area (Å²) in [4.78, 5) is 11.7. The molecule has 0 radical (unpaired) electrons. The summed E-state index contributed by atoms with van der Waals surface area (Å²) in [6.45, 7) is 4.90. The van der Waals surface area contributed by atoms with E-state index in [0.29, 0.717) is 18.1 Å². The van der Waals surface area contributed by atoms with Gasteiger partial charge in [-0.15, -0.1) is 0 Å². The van der Waals surface area contributed by atoms with Gasteiger partial charge in [0.05, 0.1) is 12.3 Å². The zero-order chi connectivity index (χ0) is 16.2. The number of carbonyl (C=O) groups excluding carboxylic acids is 1. The van der Waals surface area contributed by atoms with Crippen LogP contribution in [0.5, 0.6) is 5.75 Å². The number of amides is 1. The first kappa shape index (κ1) is 18.4. The zero-order valence-electron chi connectivity index (χ0n) is 13.5. The number of thiocarbonyl (C=S) groups is 1. The molecule has 0 bridgehead atoms. The van der Waals surface area contributed by atoms with Gasteiger partial charge in [-0.05, 0) is 37.2 Å². The molecule has 0 aliphatic rings. The van der Waals surface area contributed by atoms with E-state index in [1.165, 1.54) is 0 Å². The Labute approximate surface area is 138 Å². The van der Waals surface area contributed by atoms with Gasteiger partial charge < -0.3 is 15.4 Å². The molecule has 0 saturated heterocycles. The van der Waals surface area contributed by atoms with Crippen molar-refractivity contribution < 1.29 is 9.53 Å². The Hall–Kier alpha value is -1.62. The summed E-state index contributed by atoms with van der Waals surface area (Å²) < 4.78 is 5.73. The minimum absolute atomic E-state index is 0.0460. The highest BCUT2D eigenvalue weighted by molar-refractivity contribution is 7.80. The van der Waals surface area contributed by atoms with E-state index < -0.39 is 0 Å². The molecule has 22 heavy (non-hydrogen) atoms. The molecule has 0 aliphatic heterocycles. The number of para-hydroxylation sites is 2. The second-order valence-corrected chi connectivity index (χ2v) is 5.57. The van der Waals surface area contributed by atoms with Gasteiger partial charge in [-0.1, -0.05) is 45.2 Å². The summed E-state index contributed by atoms with van der Waals surface area (Å²) in [7, 11) is 0. The molecule has 2 N–H and O–H groups in total. The second kappa shape index (κ2) is 11.0. The summed E-state index contributed by atoms with van der Waals surface area (Å²) in [6.07, 6.45) is 5.64. The van der Waals surface area contributed by atoms with Gasteiger partial charge in [-0.3, -0.25) is 4.79 Å². The number of unbranched alkanes of at least 4 members (excludes halogenated alkanes) is 3. The van der Waals surface area contributed by atoms with Crippen LogP contribution >= 0.6 is 12.2 Å². The van der Waals surface area contributed by atoms with Gasteiger partial charge in [0.1, 0.15) is 5.75 Å². The van der Waals surface area contributed by atoms with E-state index in [-0.39, 0.29) is 5.91 Å². The smallest absolute Gasteiger partial charge is 0.226 e. The van der Waals surface area contributed by atoms with Crippen LogP contribution in [-0.2, 0) is 4.79 Å². The maximum Gasteiger partial charge on any atom is 0.226 e. The number of nitrogens with one attached hydrogen (secondary N) is 2. The number of anilines is 1. The Balaban J connectivity index is 2.48. The molecule has 122 valence electrons. The molecule has 0 heterocycles. The lowest BCUT2D eigenvalue weighted by Gasteiger charge is -2.14. The summed E-state index contributed by atoms with van der Waals surface area (Å²) in [5, 5.41) is 6.05. The van der Waals surface area contributed by atoms with Crippen molar-refractivity contribution in [3.8, 4) is 5.75 Å². The van der Waals surface area contributed by atoms with Crippen molar-refractivity contribution in [2.75, 3.05) is 11.9 Å². The zero-order valence-corrected chi connectivity index (χ0v) is 14.3. The third kappa shape index (κ3) is 7.41. The first-order chi connectivity index (χ1) is 10.7. The Morgan fingerprint density at radius 3 is 2.59 bits per heavy atom. The highest BCUT2D eigenvalue weighted by atomic mass is 32.1. The molecule has 0 fully saturated rings. The van der Waals surface area contributed by atoms with E-state index in [9.17, 15) is 4.79 Å². The molecule has 0 atom stereocenters. The molecule has 1 aromatic carbocycles. The second-order valence-electron chi connectivity index (χ2n) is 5.16. The van der Waals surface area contributed by atoms with Crippen molar-refractivity contribution >= 4 is 28.9 Å². The fourth-order valence-electron chi connectivity index (χ4n) is 1.90. The van der Waals surface area contributed by atoms with Gasteiger partial charge in [0, 0.05) is 6.42 Å². The average Bonchev–Trinajstić information content (AvgIpc) is 2.49. The van der Waals surface area contributed by atoms with Gasteiger partial charge in [0.15, 0.2) is 5.11 Å². The summed E-state index contributed by atoms with van der Waals surface area (Å²) in [6, 6.07) is 7.60. The molecule has 0 aliphatic carbocycles. The quantitative estimate of drug-likeness (QED) is 0.527. The predicted octanol–water partition coefficient (Wildman–Crippen LogP) is 4.26. The lowest BCUT2D eigenvalue weighted by Crippen LogP contribution is -2.34. The Morgan fingerprint density at radius 2 is 1.86 bits per heavy atom.